The Morgan fingerprint density at radius 3 is 2.27 bits per heavy atom. The molecule has 2 saturated heterocycles. The fourth-order valence-corrected chi connectivity index (χ4v) is 10.2. The van der Waals surface area contributed by atoms with Crippen LogP contribution in [0.5, 0.6) is 11.5 Å². The van der Waals surface area contributed by atoms with Crippen LogP contribution >= 0.6 is 0 Å². The number of aromatic hydroxyl groups is 2. The number of hydrogen-bond donors (Lipinski definition) is 6. The second-order valence-electron chi connectivity index (χ2n) is 21.2. The lowest BCUT2D eigenvalue weighted by Crippen LogP contribution is -2.55. The molecule has 0 spiro atoms. The van der Waals surface area contributed by atoms with Crippen LogP contribution in [0.3, 0.4) is 0 Å². The van der Waals surface area contributed by atoms with Gasteiger partial charge in [-0.15, -0.1) is 0 Å². The Morgan fingerprint density at radius 1 is 0.893 bits per heavy atom. The van der Waals surface area contributed by atoms with Gasteiger partial charge < -0.3 is 45.4 Å². The fourth-order valence-electron chi connectivity index (χ4n) is 10.2. The van der Waals surface area contributed by atoms with Crippen LogP contribution in [-0.4, -0.2) is 97.0 Å². The maximum atomic E-state index is 14.2. The minimum atomic E-state index is -0.958. The third-order valence-electron chi connectivity index (χ3n) is 14.8. The number of phenols is 2. The van der Waals surface area contributed by atoms with Gasteiger partial charge in [-0.1, -0.05) is 70.2 Å². The van der Waals surface area contributed by atoms with E-state index in [4.69, 9.17) is 20.5 Å². The summed E-state index contributed by atoms with van der Waals surface area (Å²) in [6.07, 6.45) is 9.68. The minimum Gasteiger partial charge on any atom is -0.508 e. The van der Waals surface area contributed by atoms with Gasteiger partial charge in [-0.2, -0.15) is 0 Å². The monoisotopic (exact) mass is 1020 g/mol. The van der Waals surface area contributed by atoms with E-state index in [1.165, 1.54) is 30.7 Å². The maximum absolute atomic E-state index is 14.2. The Balaban J connectivity index is 0.873. The fraction of sp³-hybridized carbons (Fsp3) is 0.386. The number of carbonyl (C=O) groups excluding carboxylic acids is 4. The van der Waals surface area contributed by atoms with Gasteiger partial charge in [-0.3, -0.25) is 24.8 Å². The maximum Gasteiger partial charge on any atom is 0.482 e. The van der Waals surface area contributed by atoms with Crippen LogP contribution in [0.1, 0.15) is 123 Å². The van der Waals surface area contributed by atoms with Crippen LogP contribution in [-0.2, 0) is 32.7 Å². The Morgan fingerprint density at radius 2 is 1.61 bits per heavy atom. The molecule has 0 aliphatic carbocycles. The molecule has 2 aliphatic heterocycles. The number of likely N-dealkylation sites (tertiary alicyclic amines) is 1. The third kappa shape index (κ3) is 11.9. The number of urea groups is 1. The van der Waals surface area contributed by atoms with Crippen LogP contribution in [0.25, 0.3) is 10.9 Å². The molecule has 2 aromatic heterocycles. The number of amides is 5. The predicted molar refractivity (Wildman–Crippen MR) is 289 cm³/mol. The SMILES string of the molecule is CC(C)C[C@H](NC(=O)[C@H](Cc1ccccc1)NC(=O)c1cnccn1)B1OC(C)(C)C(C)(c2ccc(C(=O)N3CCC(CCn4ccc5cc(N(C(=N)c6cc(C(C)C)c(O)cc6O)C(N)=O)ccc54)CC3)cc2)O1. The van der Waals surface area contributed by atoms with Gasteiger partial charge in [0.05, 0.1) is 29.0 Å². The number of rotatable bonds is 17. The summed E-state index contributed by atoms with van der Waals surface area (Å²) < 4.78 is 15.7. The third-order valence-corrected chi connectivity index (χ3v) is 14.8. The number of anilines is 1. The van der Waals surface area contributed by atoms with E-state index in [0.717, 1.165) is 52.7 Å². The summed E-state index contributed by atoms with van der Waals surface area (Å²) in [6, 6.07) is 25.3. The number of piperidine rings is 1. The van der Waals surface area contributed by atoms with E-state index in [9.17, 15) is 29.4 Å². The van der Waals surface area contributed by atoms with Crippen LogP contribution in [0, 0.1) is 17.2 Å². The number of phenolic OH excluding ortho intramolecular Hbond substituents is 2. The quantitative estimate of drug-likeness (QED) is 0.0289. The Labute approximate surface area is 438 Å². The number of benzene rings is 4. The normalized spacial score (nSPS) is 17.5. The van der Waals surface area contributed by atoms with Gasteiger partial charge in [-0.05, 0) is 123 Å². The molecule has 1 unspecified atom stereocenters. The zero-order chi connectivity index (χ0) is 53.8. The topological polar surface area (TPSA) is 238 Å². The largest absolute Gasteiger partial charge is 0.508 e. The second kappa shape index (κ2) is 22.5. The number of nitrogens with zero attached hydrogens (tertiary/aromatic N) is 5. The van der Waals surface area contributed by atoms with Gasteiger partial charge in [0.2, 0.25) is 5.91 Å². The van der Waals surface area contributed by atoms with Crippen molar-refractivity contribution >= 4 is 53.3 Å². The number of aromatic nitrogens is 3. The standard InChI is InChI=1S/C57H68BN9O8/c1-35(2)29-50(64-52(70)45(30-38-11-9-8-10-12-38)63-53(71)46-34-61-23-24-62-46)58-74-56(5,6)57(7,75-58)41-15-13-39(14-16-41)54(72)66-26-20-37(21-27-66)19-25-65-28-22-40-31-42(17-18-47(40)65)67(55(60)73)51(59)44-32-43(36(3)4)48(68)33-49(44)69/h8-18,22-24,28,31-37,45,50,59,68-69H,19-21,25-27,29-30H2,1-7H3,(H2,60,73)(H,63,71)(H,64,70)/t45-,50-,57?/m0/s1. The van der Waals surface area contributed by atoms with Crippen molar-refractivity contribution in [3.63, 3.8) is 0 Å². The number of fused-ring (bicyclic) bond motifs is 1. The highest BCUT2D eigenvalue weighted by molar-refractivity contribution is 6.48. The molecule has 5 amide bonds. The average Bonchev–Trinajstić information content (AvgIpc) is 3.92. The van der Waals surface area contributed by atoms with Gasteiger partial charge >= 0.3 is 13.1 Å². The molecule has 2 aliphatic rings. The molecular formula is C57H68BN9O8. The van der Waals surface area contributed by atoms with Crippen molar-refractivity contribution in [2.75, 3.05) is 18.0 Å². The second-order valence-corrected chi connectivity index (χ2v) is 21.2. The van der Waals surface area contributed by atoms with Crippen LogP contribution in [0.15, 0.2) is 116 Å². The van der Waals surface area contributed by atoms with Crippen molar-refractivity contribution in [2.24, 2.45) is 17.6 Å². The number of hydrogen-bond acceptors (Lipinski definition) is 11. The van der Waals surface area contributed by atoms with Gasteiger partial charge in [0.25, 0.3) is 11.8 Å². The van der Waals surface area contributed by atoms with E-state index >= 15 is 0 Å². The summed E-state index contributed by atoms with van der Waals surface area (Å²) in [5, 5.41) is 36.8. The molecule has 7 N–H and O–H groups in total. The summed E-state index contributed by atoms with van der Waals surface area (Å²) in [5.41, 5.74) is 8.30. The number of amidine groups is 1. The zero-order valence-corrected chi connectivity index (χ0v) is 43.7. The summed E-state index contributed by atoms with van der Waals surface area (Å²) in [5.74, 6) is -1.76. The lowest BCUT2D eigenvalue weighted by Gasteiger charge is -2.37. The molecule has 0 saturated carbocycles. The van der Waals surface area contributed by atoms with E-state index in [-0.39, 0.29) is 58.7 Å². The molecule has 2 fully saturated rings. The number of primary amides is 1. The van der Waals surface area contributed by atoms with Crippen LogP contribution < -0.4 is 21.3 Å². The summed E-state index contributed by atoms with van der Waals surface area (Å²) in [6.45, 7) is 15.8. The van der Waals surface area contributed by atoms with E-state index < -0.39 is 42.2 Å². The first kappa shape index (κ1) is 53.7. The van der Waals surface area contributed by atoms with Crippen molar-refractivity contribution in [3.05, 3.63) is 149 Å². The van der Waals surface area contributed by atoms with E-state index in [0.29, 0.717) is 42.2 Å². The van der Waals surface area contributed by atoms with Crippen molar-refractivity contribution in [1.29, 1.82) is 5.41 Å². The van der Waals surface area contributed by atoms with E-state index in [1.807, 2.05) is 112 Å². The number of carbonyl (C=O) groups is 4. The molecule has 4 heterocycles. The van der Waals surface area contributed by atoms with Crippen molar-refractivity contribution in [2.45, 2.75) is 116 Å². The summed E-state index contributed by atoms with van der Waals surface area (Å²) in [7, 11) is -0.828. The van der Waals surface area contributed by atoms with Gasteiger partial charge in [0, 0.05) is 67.2 Å². The first-order valence-corrected chi connectivity index (χ1v) is 25.7. The van der Waals surface area contributed by atoms with E-state index in [2.05, 4.69) is 39.0 Å². The Kier molecular flexibility index (Phi) is 16.1. The van der Waals surface area contributed by atoms with Gasteiger partial charge in [0.1, 0.15) is 34.7 Å². The minimum absolute atomic E-state index is 0.0340. The summed E-state index contributed by atoms with van der Waals surface area (Å²) >= 11 is 0. The van der Waals surface area contributed by atoms with Gasteiger partial charge in [0.15, 0.2) is 0 Å². The number of aryl methyl sites for hydroxylation is 1. The van der Waals surface area contributed by atoms with Gasteiger partial charge in [-0.25, -0.2) is 14.7 Å². The average molecular weight is 1020 g/mol. The molecule has 17 nitrogen and oxygen atoms in total. The van der Waals surface area contributed by atoms with Crippen molar-refractivity contribution in [1.82, 2.24) is 30.1 Å². The first-order chi connectivity index (χ1) is 35.7. The van der Waals surface area contributed by atoms with Crippen LogP contribution in [0.4, 0.5) is 10.5 Å². The van der Waals surface area contributed by atoms with Crippen LogP contribution in [0.2, 0.25) is 0 Å². The molecule has 0 bridgehead atoms. The Hall–Kier alpha value is -7.57. The molecular weight excluding hydrogens is 949 g/mol. The molecule has 8 rings (SSSR count). The lowest BCUT2D eigenvalue weighted by molar-refractivity contribution is -0.123. The predicted octanol–water partition coefficient (Wildman–Crippen LogP) is 8.46. The molecule has 75 heavy (non-hydrogen) atoms. The molecule has 0 radical (unpaired) electrons. The smallest absolute Gasteiger partial charge is 0.482 e. The highest BCUT2D eigenvalue weighted by atomic mass is 16.7. The molecule has 6 aromatic rings. The van der Waals surface area contributed by atoms with Crippen molar-refractivity contribution in [3.8, 4) is 11.5 Å². The van der Waals surface area contributed by atoms with E-state index in [1.54, 1.807) is 12.1 Å². The molecule has 18 heteroatoms. The number of nitrogens with two attached hydrogens (primary N) is 1. The Bertz CT molecular complexity index is 3030. The first-order valence-electron chi connectivity index (χ1n) is 25.7. The lowest BCUT2D eigenvalue weighted by atomic mass is 9.73. The highest BCUT2D eigenvalue weighted by Crippen LogP contribution is 2.46. The highest BCUT2D eigenvalue weighted by Gasteiger charge is 2.57. The molecule has 3 atom stereocenters. The number of nitrogens with one attached hydrogen (secondary N) is 3. The molecule has 392 valence electrons. The van der Waals surface area contributed by atoms with Crippen molar-refractivity contribution < 1.29 is 38.7 Å². The summed E-state index contributed by atoms with van der Waals surface area (Å²) in [4.78, 5) is 65.3. The zero-order valence-electron chi connectivity index (χ0n) is 43.7. The molecule has 4 aromatic carbocycles.